The van der Waals surface area contributed by atoms with Crippen LogP contribution in [-0.2, 0) is 16.8 Å². The second-order valence-electron chi connectivity index (χ2n) is 4.76. The molecule has 0 unspecified atom stereocenters. The predicted molar refractivity (Wildman–Crippen MR) is 63.7 cm³/mol. The van der Waals surface area contributed by atoms with Crippen LogP contribution < -0.4 is 5.73 Å². The van der Waals surface area contributed by atoms with Gasteiger partial charge in [0.2, 0.25) is 0 Å². The quantitative estimate of drug-likeness (QED) is 0.825. The van der Waals surface area contributed by atoms with Gasteiger partial charge in [0.05, 0.1) is 5.69 Å². The van der Waals surface area contributed by atoms with Crippen molar-refractivity contribution in [2.75, 3.05) is 0 Å². The van der Waals surface area contributed by atoms with Crippen molar-refractivity contribution >= 4 is 5.97 Å². The fraction of sp³-hybridized carbons (Fsp3) is 0.667. The fourth-order valence-corrected chi connectivity index (χ4v) is 2.70. The lowest BCUT2D eigenvalue weighted by Gasteiger charge is -2.35. The summed E-state index contributed by atoms with van der Waals surface area (Å²) in [5.74, 6) is -0.750. The largest absolute Gasteiger partial charge is 0.481 e. The number of nitrogens with zero attached hydrogens (tertiary/aromatic N) is 2. The summed E-state index contributed by atoms with van der Waals surface area (Å²) in [7, 11) is 0. The highest BCUT2D eigenvalue weighted by molar-refractivity contribution is 5.81. The van der Waals surface area contributed by atoms with E-state index in [0.29, 0.717) is 19.4 Å². The minimum absolute atomic E-state index is 0.139. The van der Waals surface area contributed by atoms with Crippen molar-refractivity contribution in [3.63, 3.8) is 0 Å². The molecule has 0 aliphatic heterocycles. The summed E-state index contributed by atoms with van der Waals surface area (Å²) in [4.78, 5) is 11.7. The third kappa shape index (κ3) is 1.95. The number of aliphatic carboxylic acids is 1. The van der Waals surface area contributed by atoms with Gasteiger partial charge in [-0.25, -0.2) is 0 Å². The Morgan fingerprint density at radius 1 is 1.65 bits per heavy atom. The zero-order valence-corrected chi connectivity index (χ0v) is 10.1. The molecule has 3 N–H and O–H groups in total. The highest BCUT2D eigenvalue weighted by Crippen LogP contribution is 2.39. The first-order valence-electron chi connectivity index (χ1n) is 6.11. The van der Waals surface area contributed by atoms with Crippen molar-refractivity contribution in [3.8, 4) is 0 Å². The number of carboxylic acid groups (broad SMARTS) is 1. The number of carbonyl (C=O) groups is 1. The Labute approximate surface area is 101 Å². The number of aromatic nitrogens is 2. The third-order valence-corrected chi connectivity index (χ3v) is 3.80. The average Bonchev–Trinajstić information content (AvgIpc) is 2.78. The van der Waals surface area contributed by atoms with E-state index < -0.39 is 11.4 Å². The molecular weight excluding hydrogens is 218 g/mol. The second kappa shape index (κ2) is 4.49. The molecule has 0 amide bonds. The molecule has 2 rings (SSSR count). The lowest BCUT2D eigenvalue weighted by atomic mass is 9.70. The van der Waals surface area contributed by atoms with E-state index in [1.807, 2.05) is 13.0 Å². The summed E-state index contributed by atoms with van der Waals surface area (Å²) in [5.41, 5.74) is 5.89. The molecule has 0 radical (unpaired) electrons. The maximum absolute atomic E-state index is 11.7. The number of hydrogen-bond donors (Lipinski definition) is 2. The summed E-state index contributed by atoms with van der Waals surface area (Å²) in [6.45, 7) is 2.67. The predicted octanol–water partition coefficient (Wildman–Crippen LogP) is 1.13. The van der Waals surface area contributed by atoms with Gasteiger partial charge in [-0.1, -0.05) is 0 Å². The fourth-order valence-electron chi connectivity index (χ4n) is 2.70. The summed E-state index contributed by atoms with van der Waals surface area (Å²) < 4.78 is 1.78. The van der Waals surface area contributed by atoms with Crippen LogP contribution in [-0.4, -0.2) is 26.9 Å². The van der Waals surface area contributed by atoms with Crippen LogP contribution >= 0.6 is 0 Å². The number of hydrogen-bond acceptors (Lipinski definition) is 3. The number of nitrogens with two attached hydrogens (primary N) is 1. The zero-order valence-electron chi connectivity index (χ0n) is 10.1. The molecule has 94 valence electrons. The van der Waals surface area contributed by atoms with E-state index in [2.05, 4.69) is 5.10 Å². The van der Waals surface area contributed by atoms with E-state index in [1.165, 1.54) is 0 Å². The smallest absolute Gasteiger partial charge is 0.315 e. The van der Waals surface area contributed by atoms with Gasteiger partial charge in [-0.2, -0.15) is 5.10 Å². The molecule has 1 aliphatic carbocycles. The van der Waals surface area contributed by atoms with E-state index in [0.717, 1.165) is 18.5 Å². The molecule has 1 aromatic heterocycles. The Morgan fingerprint density at radius 3 is 2.82 bits per heavy atom. The normalized spacial score (nSPS) is 29.2. The van der Waals surface area contributed by atoms with Crippen LogP contribution in [0.15, 0.2) is 12.3 Å². The molecule has 1 fully saturated rings. The molecule has 0 spiro atoms. The van der Waals surface area contributed by atoms with Crippen molar-refractivity contribution in [2.45, 2.75) is 50.6 Å². The Balaban J connectivity index is 2.38. The summed E-state index contributed by atoms with van der Waals surface area (Å²) in [6, 6.07) is 1.97. The van der Waals surface area contributed by atoms with Gasteiger partial charge >= 0.3 is 5.97 Å². The van der Waals surface area contributed by atoms with Crippen LogP contribution in [0.5, 0.6) is 0 Å². The van der Waals surface area contributed by atoms with Gasteiger partial charge < -0.3 is 10.8 Å². The number of aryl methyl sites for hydroxylation is 1. The van der Waals surface area contributed by atoms with Crippen molar-refractivity contribution in [3.05, 3.63) is 18.0 Å². The van der Waals surface area contributed by atoms with Gasteiger partial charge in [-0.3, -0.25) is 9.48 Å². The van der Waals surface area contributed by atoms with Crippen LogP contribution in [0.3, 0.4) is 0 Å². The summed E-state index contributed by atoms with van der Waals surface area (Å²) in [6.07, 6.45) is 4.42. The number of rotatable bonds is 3. The topological polar surface area (TPSA) is 81.1 Å². The van der Waals surface area contributed by atoms with Crippen LogP contribution in [0.1, 0.15) is 38.3 Å². The van der Waals surface area contributed by atoms with E-state index in [1.54, 1.807) is 10.9 Å². The van der Waals surface area contributed by atoms with Gasteiger partial charge in [-0.05, 0) is 38.7 Å². The Hall–Kier alpha value is -1.36. The average molecular weight is 237 g/mol. The molecule has 0 aromatic carbocycles. The van der Waals surface area contributed by atoms with Gasteiger partial charge in [-0.15, -0.1) is 0 Å². The highest BCUT2D eigenvalue weighted by atomic mass is 16.4. The molecule has 5 heteroatoms. The van der Waals surface area contributed by atoms with Crippen molar-refractivity contribution in [2.24, 2.45) is 5.73 Å². The Bertz CT molecular complexity index is 406. The van der Waals surface area contributed by atoms with Crippen LogP contribution in [0, 0.1) is 0 Å². The first-order valence-corrected chi connectivity index (χ1v) is 6.11. The first-order chi connectivity index (χ1) is 8.10. The molecule has 17 heavy (non-hydrogen) atoms. The highest BCUT2D eigenvalue weighted by Gasteiger charge is 2.45. The van der Waals surface area contributed by atoms with Gasteiger partial charge in [0, 0.05) is 18.8 Å². The number of carboxylic acids is 1. The molecule has 1 heterocycles. The summed E-state index contributed by atoms with van der Waals surface area (Å²) >= 11 is 0. The van der Waals surface area contributed by atoms with E-state index in [-0.39, 0.29) is 6.04 Å². The second-order valence-corrected chi connectivity index (χ2v) is 4.76. The van der Waals surface area contributed by atoms with Crippen molar-refractivity contribution < 1.29 is 9.90 Å². The summed E-state index contributed by atoms with van der Waals surface area (Å²) in [5, 5.41) is 13.8. The van der Waals surface area contributed by atoms with E-state index >= 15 is 0 Å². The molecule has 1 saturated carbocycles. The molecule has 1 aromatic rings. The van der Waals surface area contributed by atoms with Gasteiger partial charge in [0.15, 0.2) is 0 Å². The van der Waals surface area contributed by atoms with Crippen LogP contribution in [0.2, 0.25) is 0 Å². The standard InChI is InChI=1S/C12H19N3O2/c1-2-15-10(5-8-14-15)12(11(16)17)6-3-9(13)4-7-12/h5,8-9H,2-4,6-7,13H2,1H3,(H,16,17). The molecule has 0 bridgehead atoms. The minimum atomic E-state index is -0.789. The van der Waals surface area contributed by atoms with Crippen LogP contribution in [0.25, 0.3) is 0 Å². The molecule has 0 saturated heterocycles. The third-order valence-electron chi connectivity index (χ3n) is 3.80. The molecule has 0 atom stereocenters. The molecular formula is C12H19N3O2. The minimum Gasteiger partial charge on any atom is -0.481 e. The van der Waals surface area contributed by atoms with E-state index in [9.17, 15) is 9.90 Å². The zero-order chi connectivity index (χ0) is 12.5. The van der Waals surface area contributed by atoms with Gasteiger partial charge in [0.1, 0.15) is 5.41 Å². The Kier molecular flexibility index (Phi) is 3.19. The van der Waals surface area contributed by atoms with E-state index in [4.69, 9.17) is 5.73 Å². The van der Waals surface area contributed by atoms with Crippen molar-refractivity contribution in [1.29, 1.82) is 0 Å². The maximum Gasteiger partial charge on any atom is 0.315 e. The lowest BCUT2D eigenvalue weighted by molar-refractivity contribution is -0.145. The van der Waals surface area contributed by atoms with Crippen LogP contribution in [0.4, 0.5) is 0 Å². The van der Waals surface area contributed by atoms with Crippen molar-refractivity contribution in [1.82, 2.24) is 9.78 Å². The Morgan fingerprint density at radius 2 is 2.29 bits per heavy atom. The first kappa shape index (κ1) is 12.1. The lowest BCUT2D eigenvalue weighted by Crippen LogP contribution is -2.44. The SMILES string of the molecule is CCn1nccc1C1(C(=O)O)CCC(N)CC1. The molecule has 5 nitrogen and oxygen atoms in total. The molecule has 1 aliphatic rings. The maximum atomic E-state index is 11.7. The monoisotopic (exact) mass is 237 g/mol. The van der Waals surface area contributed by atoms with Gasteiger partial charge in [0.25, 0.3) is 0 Å².